The minimum atomic E-state index is -3.28. The van der Waals surface area contributed by atoms with Crippen molar-refractivity contribution in [3.05, 3.63) is 17.0 Å². The molecule has 2 rings (SSSR count). The monoisotopic (exact) mass is 305 g/mol. The number of sulfonamides is 1. The highest BCUT2D eigenvalue weighted by Gasteiger charge is 2.17. The molecule has 18 heavy (non-hydrogen) atoms. The molecule has 1 heterocycles. The summed E-state index contributed by atoms with van der Waals surface area (Å²) in [5, 5.41) is 0.749. The lowest BCUT2D eigenvalue weighted by Gasteiger charge is -2.09. The fourth-order valence-electron chi connectivity index (χ4n) is 2.08. The Labute approximate surface area is 117 Å². The number of aryl methyl sites for hydroxylation is 1. The van der Waals surface area contributed by atoms with Gasteiger partial charge in [0.25, 0.3) is 0 Å². The van der Waals surface area contributed by atoms with Crippen molar-refractivity contribution in [3.63, 3.8) is 0 Å². The maximum atomic E-state index is 11.9. The lowest BCUT2D eigenvalue weighted by Crippen LogP contribution is -2.25. The Balaban J connectivity index is 1.75. The van der Waals surface area contributed by atoms with Gasteiger partial charge in [0.15, 0.2) is 0 Å². The van der Waals surface area contributed by atoms with Gasteiger partial charge >= 0.3 is 0 Å². The summed E-state index contributed by atoms with van der Waals surface area (Å²) in [7, 11) is -3.28. The first-order valence-electron chi connectivity index (χ1n) is 6.25. The molecule has 0 aliphatic heterocycles. The van der Waals surface area contributed by atoms with E-state index in [-0.39, 0.29) is 0 Å². The van der Waals surface area contributed by atoms with Crippen molar-refractivity contribution in [3.8, 4) is 0 Å². The van der Waals surface area contributed by atoms with Gasteiger partial charge in [-0.05, 0) is 31.9 Å². The van der Waals surface area contributed by atoms with Crippen LogP contribution in [0.15, 0.2) is 16.3 Å². The van der Waals surface area contributed by atoms with Gasteiger partial charge in [0.1, 0.15) is 4.21 Å². The Morgan fingerprint density at radius 2 is 2.11 bits per heavy atom. The molecule has 0 unspecified atom stereocenters. The molecule has 0 atom stereocenters. The second-order valence-electron chi connectivity index (χ2n) is 4.54. The smallest absolute Gasteiger partial charge is 0.210 e. The number of thioether (sulfide) groups is 1. The highest BCUT2D eigenvalue weighted by atomic mass is 32.2. The Morgan fingerprint density at radius 3 is 2.72 bits per heavy atom. The molecule has 1 aliphatic rings. The topological polar surface area (TPSA) is 46.2 Å². The maximum Gasteiger partial charge on any atom is 0.250 e. The fourth-order valence-corrected chi connectivity index (χ4v) is 5.79. The average Bonchev–Trinajstić information content (AvgIpc) is 2.95. The number of rotatable bonds is 6. The molecule has 0 bridgehead atoms. The molecule has 0 spiro atoms. The zero-order valence-corrected chi connectivity index (χ0v) is 13.0. The summed E-state index contributed by atoms with van der Waals surface area (Å²) in [4.78, 5) is 1.02. The summed E-state index contributed by atoms with van der Waals surface area (Å²) >= 11 is 3.22. The van der Waals surface area contributed by atoms with Crippen molar-refractivity contribution in [1.82, 2.24) is 4.72 Å². The maximum absolute atomic E-state index is 11.9. The summed E-state index contributed by atoms with van der Waals surface area (Å²) in [6, 6.07) is 3.51. The molecule has 1 saturated carbocycles. The molecule has 0 saturated heterocycles. The van der Waals surface area contributed by atoms with Crippen LogP contribution < -0.4 is 4.72 Å². The van der Waals surface area contributed by atoms with E-state index in [4.69, 9.17) is 0 Å². The molecule has 1 aliphatic carbocycles. The average molecular weight is 305 g/mol. The first kappa shape index (κ1) is 14.4. The van der Waals surface area contributed by atoms with Crippen LogP contribution in [0.2, 0.25) is 0 Å². The van der Waals surface area contributed by atoms with Crippen molar-refractivity contribution in [2.24, 2.45) is 0 Å². The fraction of sp³-hybridized carbons (Fsp3) is 0.667. The van der Waals surface area contributed by atoms with Crippen LogP contribution >= 0.6 is 23.1 Å². The molecule has 0 amide bonds. The van der Waals surface area contributed by atoms with Crippen LogP contribution in [-0.2, 0) is 10.0 Å². The Kier molecular flexibility index (Phi) is 5.12. The van der Waals surface area contributed by atoms with Crippen LogP contribution in [0.3, 0.4) is 0 Å². The first-order valence-corrected chi connectivity index (χ1v) is 9.60. The van der Waals surface area contributed by atoms with Gasteiger partial charge in [-0.3, -0.25) is 0 Å². The third-order valence-corrected chi connectivity index (χ3v) is 7.37. The number of hydrogen-bond acceptors (Lipinski definition) is 4. The van der Waals surface area contributed by atoms with E-state index in [0.717, 1.165) is 15.9 Å². The number of nitrogens with one attached hydrogen (secondary N) is 1. The van der Waals surface area contributed by atoms with Crippen molar-refractivity contribution < 1.29 is 8.42 Å². The van der Waals surface area contributed by atoms with Crippen LogP contribution in [0.5, 0.6) is 0 Å². The van der Waals surface area contributed by atoms with Crippen LogP contribution in [0.1, 0.15) is 30.6 Å². The Hall–Kier alpha value is -0.0400. The predicted octanol–water partition coefficient (Wildman–Crippen LogP) is 3.01. The van der Waals surface area contributed by atoms with Crippen LogP contribution in [0.25, 0.3) is 0 Å². The summed E-state index contributed by atoms with van der Waals surface area (Å²) < 4.78 is 27.0. The molecule has 0 aromatic carbocycles. The summed E-state index contributed by atoms with van der Waals surface area (Å²) in [5.74, 6) is 0.869. The van der Waals surface area contributed by atoms with E-state index in [1.165, 1.54) is 37.0 Å². The molecule has 3 nitrogen and oxygen atoms in total. The normalized spacial score (nSPS) is 17.4. The van der Waals surface area contributed by atoms with E-state index in [1.807, 2.05) is 24.8 Å². The van der Waals surface area contributed by atoms with Crippen molar-refractivity contribution in [1.29, 1.82) is 0 Å². The van der Waals surface area contributed by atoms with Gasteiger partial charge < -0.3 is 0 Å². The van der Waals surface area contributed by atoms with Gasteiger partial charge in [0, 0.05) is 22.4 Å². The Morgan fingerprint density at radius 1 is 1.39 bits per heavy atom. The summed E-state index contributed by atoms with van der Waals surface area (Å²) in [5.41, 5.74) is 0. The molecule has 1 aromatic rings. The number of thiophene rings is 1. The number of hydrogen-bond donors (Lipinski definition) is 1. The summed E-state index contributed by atoms with van der Waals surface area (Å²) in [6.45, 7) is 2.44. The van der Waals surface area contributed by atoms with E-state index in [0.29, 0.717) is 10.8 Å². The SMILES string of the molecule is Cc1ccc(S(=O)(=O)NCCSC2CCCC2)s1. The van der Waals surface area contributed by atoms with E-state index >= 15 is 0 Å². The van der Waals surface area contributed by atoms with Crippen molar-refractivity contribution in [2.75, 3.05) is 12.3 Å². The van der Waals surface area contributed by atoms with Crippen LogP contribution in [0, 0.1) is 6.92 Å². The van der Waals surface area contributed by atoms with Gasteiger partial charge in [-0.1, -0.05) is 12.8 Å². The molecular formula is C12H19NO2S3. The molecule has 1 aromatic heterocycles. The zero-order valence-electron chi connectivity index (χ0n) is 10.5. The highest BCUT2D eigenvalue weighted by molar-refractivity contribution is 8.00. The lowest BCUT2D eigenvalue weighted by molar-refractivity contribution is 0.586. The molecule has 1 N–H and O–H groups in total. The third kappa shape index (κ3) is 3.98. The van der Waals surface area contributed by atoms with Crippen molar-refractivity contribution in [2.45, 2.75) is 42.1 Å². The second kappa shape index (κ2) is 6.41. The third-order valence-electron chi connectivity index (χ3n) is 3.03. The molecule has 102 valence electrons. The first-order chi connectivity index (χ1) is 8.58. The van der Waals surface area contributed by atoms with E-state index in [9.17, 15) is 8.42 Å². The molecular weight excluding hydrogens is 286 g/mol. The van der Waals surface area contributed by atoms with Crippen LogP contribution in [-0.4, -0.2) is 26.0 Å². The lowest BCUT2D eigenvalue weighted by atomic mass is 10.4. The van der Waals surface area contributed by atoms with E-state index in [2.05, 4.69) is 4.72 Å². The van der Waals surface area contributed by atoms with Gasteiger partial charge in [-0.15, -0.1) is 11.3 Å². The highest BCUT2D eigenvalue weighted by Crippen LogP contribution is 2.29. The standard InChI is InChI=1S/C12H19NO2S3/c1-10-6-7-12(17-10)18(14,15)13-8-9-16-11-4-2-3-5-11/h6-7,11,13H,2-5,8-9H2,1H3. The largest absolute Gasteiger partial charge is 0.250 e. The molecule has 0 radical (unpaired) electrons. The van der Waals surface area contributed by atoms with Gasteiger partial charge in [0.05, 0.1) is 0 Å². The van der Waals surface area contributed by atoms with Gasteiger partial charge in [0.2, 0.25) is 10.0 Å². The molecule has 6 heteroatoms. The van der Waals surface area contributed by atoms with Crippen molar-refractivity contribution >= 4 is 33.1 Å². The molecule has 1 fully saturated rings. The minimum Gasteiger partial charge on any atom is -0.210 e. The van der Waals surface area contributed by atoms with E-state index < -0.39 is 10.0 Å². The quantitative estimate of drug-likeness (QED) is 0.822. The van der Waals surface area contributed by atoms with Crippen LogP contribution in [0.4, 0.5) is 0 Å². The zero-order chi connectivity index (χ0) is 13.0. The Bertz CT molecular complexity index is 475. The minimum absolute atomic E-state index is 0.422. The second-order valence-corrected chi connectivity index (χ2v) is 9.23. The van der Waals surface area contributed by atoms with Gasteiger partial charge in [-0.2, -0.15) is 11.8 Å². The predicted molar refractivity (Wildman–Crippen MR) is 79.0 cm³/mol. The van der Waals surface area contributed by atoms with E-state index in [1.54, 1.807) is 6.07 Å². The van der Waals surface area contributed by atoms with Gasteiger partial charge in [-0.25, -0.2) is 13.1 Å². The summed E-state index contributed by atoms with van der Waals surface area (Å²) in [6.07, 6.45) is 5.25.